The fourth-order valence-electron chi connectivity index (χ4n) is 6.86. The summed E-state index contributed by atoms with van der Waals surface area (Å²) in [7, 11) is 0. The van der Waals surface area contributed by atoms with E-state index in [9.17, 15) is 9.90 Å². The fourth-order valence-corrected chi connectivity index (χ4v) is 6.86. The Labute approximate surface area is 139 Å². The first-order chi connectivity index (χ1) is 11.1. The number of hydrogen-bond donors (Lipinski definition) is 1. The van der Waals surface area contributed by atoms with Crippen LogP contribution in [0, 0.1) is 47.3 Å². The maximum atomic E-state index is 11.8. The zero-order chi connectivity index (χ0) is 16.2. The summed E-state index contributed by atoms with van der Waals surface area (Å²) >= 11 is 0. The molecule has 0 aromatic heterocycles. The van der Waals surface area contributed by atoms with Gasteiger partial charge in [-0.15, -0.1) is 12.3 Å². The Morgan fingerprint density at radius 2 is 2.04 bits per heavy atom. The molecule has 2 unspecified atom stereocenters. The zero-order valence-corrected chi connectivity index (χ0v) is 14.1. The van der Waals surface area contributed by atoms with Crippen LogP contribution >= 0.6 is 0 Å². The molecule has 0 bridgehead atoms. The standard InChI is InChI=1S/C21H28O2/c1-3-13(2)21-11-10-17-16-7-5-15(22)12-14(16)4-6-18(17)19(21)8-9-20(21)23/h1,12-13,16-20,23H,4-11H2,2H3/t13?,16-,17+,18+,19-,20?,21+/m0/s1. The van der Waals surface area contributed by atoms with Gasteiger partial charge in [0.15, 0.2) is 5.78 Å². The molecule has 0 aromatic rings. The van der Waals surface area contributed by atoms with Crippen LogP contribution in [0.25, 0.3) is 0 Å². The molecule has 3 fully saturated rings. The van der Waals surface area contributed by atoms with Crippen molar-refractivity contribution in [1.29, 1.82) is 0 Å². The molecule has 0 amide bonds. The van der Waals surface area contributed by atoms with Gasteiger partial charge in [-0.2, -0.15) is 0 Å². The largest absolute Gasteiger partial charge is 0.392 e. The van der Waals surface area contributed by atoms with E-state index in [0.29, 0.717) is 23.5 Å². The molecular formula is C21H28O2. The summed E-state index contributed by atoms with van der Waals surface area (Å²) in [5, 5.41) is 10.8. The van der Waals surface area contributed by atoms with Crippen molar-refractivity contribution in [3.8, 4) is 12.3 Å². The summed E-state index contributed by atoms with van der Waals surface area (Å²) in [5.74, 6) is 6.10. The number of aliphatic hydroxyl groups is 1. The van der Waals surface area contributed by atoms with E-state index in [4.69, 9.17) is 6.42 Å². The molecule has 1 N–H and O–H groups in total. The van der Waals surface area contributed by atoms with Crippen molar-refractivity contribution in [3.63, 3.8) is 0 Å². The molecule has 4 aliphatic rings. The van der Waals surface area contributed by atoms with Gasteiger partial charge in [-0.25, -0.2) is 0 Å². The van der Waals surface area contributed by atoms with Crippen molar-refractivity contribution in [2.75, 3.05) is 0 Å². The molecule has 0 aliphatic heterocycles. The number of terminal acetylenes is 1. The molecule has 124 valence electrons. The Morgan fingerprint density at radius 1 is 1.22 bits per heavy atom. The van der Waals surface area contributed by atoms with Gasteiger partial charge in [-0.3, -0.25) is 4.79 Å². The lowest BCUT2D eigenvalue weighted by Gasteiger charge is -2.55. The van der Waals surface area contributed by atoms with Gasteiger partial charge in [0, 0.05) is 17.8 Å². The number of carbonyl (C=O) groups excluding carboxylic acids is 1. The molecule has 0 aromatic carbocycles. The highest BCUT2D eigenvalue weighted by molar-refractivity contribution is 5.91. The van der Waals surface area contributed by atoms with Crippen molar-refractivity contribution in [2.24, 2.45) is 35.0 Å². The van der Waals surface area contributed by atoms with Crippen molar-refractivity contribution in [2.45, 2.75) is 64.4 Å². The minimum atomic E-state index is -0.218. The molecule has 4 aliphatic carbocycles. The SMILES string of the molecule is C#CC(C)[C@]12CC[C@H]3[C@@H](CCC4=CC(=O)CC[C@@H]43)[C@@H]1CCC2O. The van der Waals surface area contributed by atoms with Crippen LogP contribution in [-0.4, -0.2) is 17.0 Å². The van der Waals surface area contributed by atoms with Crippen molar-refractivity contribution in [3.05, 3.63) is 11.6 Å². The first-order valence-electron chi connectivity index (χ1n) is 9.45. The lowest BCUT2D eigenvalue weighted by molar-refractivity contribution is -0.116. The highest BCUT2D eigenvalue weighted by atomic mass is 16.3. The minimum Gasteiger partial charge on any atom is -0.392 e. The number of hydrogen-bond acceptors (Lipinski definition) is 2. The normalized spacial score (nSPS) is 46.9. The molecule has 7 atom stereocenters. The van der Waals surface area contributed by atoms with E-state index in [2.05, 4.69) is 12.8 Å². The molecule has 0 saturated heterocycles. The summed E-state index contributed by atoms with van der Waals surface area (Å²) in [5.41, 5.74) is 1.39. The van der Waals surface area contributed by atoms with Crippen LogP contribution in [0.15, 0.2) is 11.6 Å². The van der Waals surface area contributed by atoms with E-state index in [1.165, 1.54) is 18.4 Å². The highest BCUT2D eigenvalue weighted by Crippen LogP contribution is 2.64. The second-order valence-electron chi connectivity index (χ2n) is 8.44. The summed E-state index contributed by atoms with van der Waals surface area (Å²) in [4.78, 5) is 11.8. The van der Waals surface area contributed by atoms with Crippen LogP contribution in [0.5, 0.6) is 0 Å². The third kappa shape index (κ3) is 2.09. The Balaban J connectivity index is 1.66. The van der Waals surface area contributed by atoms with Crippen LogP contribution in [-0.2, 0) is 4.79 Å². The minimum absolute atomic E-state index is 0.0401. The summed E-state index contributed by atoms with van der Waals surface area (Å²) in [6.07, 6.45) is 15.9. The average molecular weight is 312 g/mol. The van der Waals surface area contributed by atoms with Gasteiger partial charge < -0.3 is 5.11 Å². The third-order valence-electron chi connectivity index (χ3n) is 7.90. The van der Waals surface area contributed by atoms with Gasteiger partial charge in [0.05, 0.1) is 6.10 Å². The molecule has 0 radical (unpaired) electrons. The van der Waals surface area contributed by atoms with Crippen molar-refractivity contribution in [1.82, 2.24) is 0 Å². The molecule has 23 heavy (non-hydrogen) atoms. The van der Waals surface area contributed by atoms with E-state index in [0.717, 1.165) is 44.4 Å². The number of rotatable bonds is 1. The van der Waals surface area contributed by atoms with E-state index in [1.807, 2.05) is 6.08 Å². The van der Waals surface area contributed by atoms with Crippen LogP contribution in [0.4, 0.5) is 0 Å². The topological polar surface area (TPSA) is 37.3 Å². The maximum Gasteiger partial charge on any atom is 0.155 e. The number of ketones is 1. The van der Waals surface area contributed by atoms with Crippen LogP contribution in [0.3, 0.4) is 0 Å². The average Bonchev–Trinajstić information content (AvgIpc) is 2.91. The first-order valence-corrected chi connectivity index (χ1v) is 9.45. The lowest BCUT2D eigenvalue weighted by Crippen LogP contribution is -2.51. The van der Waals surface area contributed by atoms with E-state index < -0.39 is 0 Å². The van der Waals surface area contributed by atoms with Crippen LogP contribution in [0.1, 0.15) is 58.3 Å². The predicted octanol–water partition coefficient (Wildman–Crippen LogP) is 3.74. The Morgan fingerprint density at radius 3 is 2.83 bits per heavy atom. The number of allylic oxidation sites excluding steroid dienone is 1. The van der Waals surface area contributed by atoms with E-state index in [-0.39, 0.29) is 17.4 Å². The van der Waals surface area contributed by atoms with E-state index >= 15 is 0 Å². The Bertz CT molecular complexity index is 583. The van der Waals surface area contributed by atoms with Gasteiger partial charge in [0.1, 0.15) is 0 Å². The second kappa shape index (κ2) is 5.49. The number of fused-ring (bicyclic) bond motifs is 5. The summed E-state index contributed by atoms with van der Waals surface area (Å²) in [6.45, 7) is 2.15. The highest BCUT2D eigenvalue weighted by Gasteiger charge is 2.60. The monoisotopic (exact) mass is 312 g/mol. The molecule has 3 saturated carbocycles. The third-order valence-corrected chi connectivity index (χ3v) is 7.90. The smallest absolute Gasteiger partial charge is 0.155 e. The maximum absolute atomic E-state index is 11.8. The lowest BCUT2D eigenvalue weighted by atomic mass is 9.49. The van der Waals surface area contributed by atoms with Crippen molar-refractivity contribution < 1.29 is 9.90 Å². The second-order valence-corrected chi connectivity index (χ2v) is 8.44. The van der Waals surface area contributed by atoms with Gasteiger partial charge in [0.25, 0.3) is 0 Å². The number of aliphatic hydroxyl groups excluding tert-OH is 1. The van der Waals surface area contributed by atoms with Crippen molar-refractivity contribution >= 4 is 5.78 Å². The zero-order valence-electron chi connectivity index (χ0n) is 14.1. The van der Waals surface area contributed by atoms with Gasteiger partial charge >= 0.3 is 0 Å². The van der Waals surface area contributed by atoms with Gasteiger partial charge in [0.2, 0.25) is 0 Å². The molecule has 2 heteroatoms. The Hall–Kier alpha value is -1.07. The Kier molecular flexibility index (Phi) is 3.69. The van der Waals surface area contributed by atoms with Gasteiger partial charge in [-0.1, -0.05) is 12.5 Å². The molecule has 0 heterocycles. The summed E-state index contributed by atoms with van der Waals surface area (Å²) in [6, 6.07) is 0. The molecule has 0 spiro atoms. The van der Waals surface area contributed by atoms with E-state index in [1.54, 1.807) is 0 Å². The molecular weight excluding hydrogens is 284 g/mol. The van der Waals surface area contributed by atoms with Crippen LogP contribution in [0.2, 0.25) is 0 Å². The molecule has 2 nitrogen and oxygen atoms in total. The molecule has 4 rings (SSSR count). The fraction of sp³-hybridized carbons (Fsp3) is 0.762. The summed E-state index contributed by atoms with van der Waals surface area (Å²) < 4.78 is 0. The predicted molar refractivity (Wildman–Crippen MR) is 90.4 cm³/mol. The first kappa shape index (κ1) is 15.5. The number of carbonyl (C=O) groups is 1. The quantitative estimate of drug-likeness (QED) is 0.749. The van der Waals surface area contributed by atoms with Gasteiger partial charge in [-0.05, 0) is 74.7 Å². The van der Waals surface area contributed by atoms with Crippen LogP contribution < -0.4 is 0 Å².